The summed E-state index contributed by atoms with van der Waals surface area (Å²) in [6.45, 7) is 1.97. The molecule has 5 nitrogen and oxygen atoms in total. The number of carbonyl (C=O) groups is 1. The van der Waals surface area contributed by atoms with Gasteiger partial charge < -0.3 is 11.1 Å². The average molecular weight is 324 g/mol. The van der Waals surface area contributed by atoms with Gasteiger partial charge in [-0.1, -0.05) is 11.6 Å². The minimum atomic E-state index is -3.01. The third-order valence-electron chi connectivity index (χ3n) is 3.66. The van der Waals surface area contributed by atoms with Gasteiger partial charge in [0.25, 0.3) is 5.91 Å². The topological polar surface area (TPSA) is 89.3 Å². The first-order valence-electron chi connectivity index (χ1n) is 6.65. The number of hydrogen-bond acceptors (Lipinski definition) is 5. The summed E-state index contributed by atoms with van der Waals surface area (Å²) < 4.78 is 23.8. The molecule has 2 aromatic rings. The maximum atomic E-state index is 12.3. The lowest BCUT2D eigenvalue weighted by molar-refractivity contribution is 0.0946. The van der Waals surface area contributed by atoms with E-state index in [1.807, 2.05) is 25.1 Å². The summed E-state index contributed by atoms with van der Waals surface area (Å²) in [7, 11) is -3.01. The van der Waals surface area contributed by atoms with Crippen LogP contribution >= 0.6 is 11.3 Å². The first kappa shape index (κ1) is 14.3. The highest BCUT2D eigenvalue weighted by Crippen LogP contribution is 2.34. The maximum Gasteiger partial charge on any atom is 0.263 e. The Labute approximate surface area is 127 Å². The van der Waals surface area contributed by atoms with Crippen molar-refractivity contribution >= 4 is 42.9 Å². The zero-order valence-electron chi connectivity index (χ0n) is 11.5. The predicted molar refractivity (Wildman–Crippen MR) is 85.5 cm³/mol. The molecule has 21 heavy (non-hydrogen) atoms. The highest BCUT2D eigenvalue weighted by Gasteiger charge is 2.30. The Morgan fingerprint density at radius 1 is 1.43 bits per heavy atom. The van der Waals surface area contributed by atoms with Crippen LogP contribution in [0, 0.1) is 6.92 Å². The molecular weight excluding hydrogens is 308 g/mol. The number of sulfone groups is 1. The van der Waals surface area contributed by atoms with Crippen molar-refractivity contribution in [3.8, 4) is 0 Å². The van der Waals surface area contributed by atoms with Crippen molar-refractivity contribution in [2.45, 2.75) is 19.4 Å². The minimum Gasteiger partial charge on any atom is -0.397 e. The molecule has 0 saturated carbocycles. The maximum absolute atomic E-state index is 12.3. The molecule has 1 aromatic heterocycles. The summed E-state index contributed by atoms with van der Waals surface area (Å²) in [4.78, 5) is 12.8. The van der Waals surface area contributed by atoms with Gasteiger partial charge in [-0.3, -0.25) is 4.79 Å². The van der Waals surface area contributed by atoms with Crippen LogP contribution in [0.3, 0.4) is 0 Å². The van der Waals surface area contributed by atoms with Crippen LogP contribution in [-0.2, 0) is 9.84 Å². The number of benzene rings is 1. The van der Waals surface area contributed by atoms with Gasteiger partial charge >= 0.3 is 0 Å². The lowest BCUT2D eigenvalue weighted by atomic mass is 10.1. The Hall–Kier alpha value is -1.60. The van der Waals surface area contributed by atoms with Gasteiger partial charge in [0, 0.05) is 16.1 Å². The van der Waals surface area contributed by atoms with E-state index in [4.69, 9.17) is 5.73 Å². The molecule has 2 heterocycles. The largest absolute Gasteiger partial charge is 0.397 e. The molecule has 1 unspecified atom stereocenters. The molecule has 1 fully saturated rings. The quantitative estimate of drug-likeness (QED) is 0.880. The van der Waals surface area contributed by atoms with E-state index in [9.17, 15) is 13.2 Å². The van der Waals surface area contributed by atoms with E-state index in [1.165, 1.54) is 11.3 Å². The molecular formula is C14H16N2O3S2. The Bertz CT molecular complexity index is 824. The van der Waals surface area contributed by atoms with E-state index in [2.05, 4.69) is 5.32 Å². The molecule has 3 rings (SSSR count). The van der Waals surface area contributed by atoms with E-state index in [1.54, 1.807) is 0 Å². The number of carbonyl (C=O) groups excluding carboxylic acids is 1. The van der Waals surface area contributed by atoms with Gasteiger partial charge in [-0.05, 0) is 25.5 Å². The van der Waals surface area contributed by atoms with Crippen molar-refractivity contribution in [2.75, 3.05) is 17.2 Å². The number of hydrogen-bond donors (Lipinski definition) is 2. The number of rotatable bonds is 2. The van der Waals surface area contributed by atoms with Gasteiger partial charge in [0.05, 0.1) is 17.2 Å². The lowest BCUT2D eigenvalue weighted by Crippen LogP contribution is -2.35. The third-order valence-corrected chi connectivity index (χ3v) is 6.61. The van der Waals surface area contributed by atoms with Crippen LogP contribution in [0.1, 0.15) is 21.7 Å². The standard InChI is InChI=1S/C14H16N2O3S2/c1-8-2-3-11-10(6-8)12(15)13(20-11)14(17)16-9-4-5-21(18,19)7-9/h2-3,6,9H,4-5,7,15H2,1H3,(H,16,17). The molecule has 1 saturated heterocycles. The first-order valence-corrected chi connectivity index (χ1v) is 9.29. The Morgan fingerprint density at radius 3 is 2.86 bits per heavy atom. The first-order chi connectivity index (χ1) is 9.85. The van der Waals surface area contributed by atoms with E-state index < -0.39 is 9.84 Å². The second kappa shape index (κ2) is 4.99. The van der Waals surface area contributed by atoms with E-state index >= 15 is 0 Å². The summed E-state index contributed by atoms with van der Waals surface area (Å²) in [6.07, 6.45) is 0.470. The summed E-state index contributed by atoms with van der Waals surface area (Å²) >= 11 is 1.34. The van der Waals surface area contributed by atoms with Gasteiger partial charge in [-0.15, -0.1) is 11.3 Å². The minimum absolute atomic E-state index is 0.0165. The molecule has 0 bridgehead atoms. The lowest BCUT2D eigenvalue weighted by Gasteiger charge is -2.09. The number of amides is 1. The van der Waals surface area contributed by atoms with E-state index in [0.29, 0.717) is 17.0 Å². The summed E-state index contributed by atoms with van der Waals surface area (Å²) in [5.74, 6) is -0.129. The normalized spacial score (nSPS) is 20.7. The molecule has 3 N–H and O–H groups in total. The molecule has 1 aliphatic heterocycles. The molecule has 7 heteroatoms. The molecule has 1 amide bonds. The number of aryl methyl sites for hydroxylation is 1. The fourth-order valence-corrected chi connectivity index (χ4v) is 5.24. The number of nitrogens with two attached hydrogens (primary N) is 1. The Balaban J connectivity index is 1.87. The second-order valence-electron chi connectivity index (χ2n) is 5.42. The highest BCUT2D eigenvalue weighted by molar-refractivity contribution is 7.91. The zero-order valence-corrected chi connectivity index (χ0v) is 13.2. The summed E-state index contributed by atoms with van der Waals surface area (Å²) in [5.41, 5.74) is 7.62. The predicted octanol–water partition coefficient (Wildman–Crippen LogP) is 1.71. The van der Waals surface area contributed by atoms with Crippen LogP contribution in [0.2, 0.25) is 0 Å². The van der Waals surface area contributed by atoms with Crippen LogP contribution in [-0.4, -0.2) is 31.9 Å². The summed E-state index contributed by atoms with van der Waals surface area (Å²) in [5, 5.41) is 3.66. The van der Waals surface area contributed by atoms with Crippen LogP contribution in [0.25, 0.3) is 10.1 Å². The van der Waals surface area contributed by atoms with Crippen LogP contribution in [0.4, 0.5) is 5.69 Å². The van der Waals surface area contributed by atoms with Crippen molar-refractivity contribution < 1.29 is 13.2 Å². The Kier molecular flexibility index (Phi) is 3.41. The van der Waals surface area contributed by atoms with Gasteiger partial charge in [0.1, 0.15) is 4.88 Å². The number of nitrogen functional groups attached to an aromatic ring is 1. The van der Waals surface area contributed by atoms with E-state index in [-0.39, 0.29) is 23.5 Å². The Morgan fingerprint density at radius 2 is 2.19 bits per heavy atom. The van der Waals surface area contributed by atoms with Crippen molar-refractivity contribution in [3.63, 3.8) is 0 Å². The SMILES string of the molecule is Cc1ccc2sc(C(=O)NC3CCS(=O)(=O)C3)c(N)c2c1. The summed E-state index contributed by atoms with van der Waals surface area (Å²) in [6, 6.07) is 5.57. The highest BCUT2D eigenvalue weighted by atomic mass is 32.2. The van der Waals surface area contributed by atoms with Crippen LogP contribution in [0.15, 0.2) is 18.2 Å². The van der Waals surface area contributed by atoms with Crippen LogP contribution in [0.5, 0.6) is 0 Å². The second-order valence-corrected chi connectivity index (χ2v) is 8.70. The number of thiophene rings is 1. The van der Waals surface area contributed by atoms with Gasteiger partial charge in [-0.25, -0.2) is 8.42 Å². The third kappa shape index (κ3) is 2.75. The fraction of sp³-hybridized carbons (Fsp3) is 0.357. The molecule has 0 aliphatic carbocycles. The molecule has 1 aliphatic rings. The van der Waals surface area contributed by atoms with Crippen molar-refractivity contribution in [2.24, 2.45) is 0 Å². The molecule has 112 valence electrons. The number of nitrogens with one attached hydrogen (secondary N) is 1. The molecule has 1 atom stereocenters. The van der Waals surface area contributed by atoms with E-state index in [0.717, 1.165) is 15.6 Å². The monoisotopic (exact) mass is 324 g/mol. The number of anilines is 1. The number of fused-ring (bicyclic) bond motifs is 1. The molecule has 1 aromatic carbocycles. The average Bonchev–Trinajstić information content (AvgIpc) is 2.90. The van der Waals surface area contributed by atoms with Gasteiger partial charge in [-0.2, -0.15) is 0 Å². The van der Waals surface area contributed by atoms with Gasteiger partial charge in [0.15, 0.2) is 9.84 Å². The van der Waals surface area contributed by atoms with Crippen molar-refractivity contribution in [1.29, 1.82) is 0 Å². The smallest absolute Gasteiger partial charge is 0.263 e. The van der Waals surface area contributed by atoms with Gasteiger partial charge in [0.2, 0.25) is 0 Å². The van der Waals surface area contributed by atoms with Crippen molar-refractivity contribution in [1.82, 2.24) is 5.32 Å². The molecule has 0 spiro atoms. The van der Waals surface area contributed by atoms with Crippen LogP contribution < -0.4 is 11.1 Å². The van der Waals surface area contributed by atoms with Crippen molar-refractivity contribution in [3.05, 3.63) is 28.6 Å². The fourth-order valence-electron chi connectivity index (χ4n) is 2.56. The zero-order chi connectivity index (χ0) is 15.2. The molecule has 0 radical (unpaired) electrons.